The number of aromatic nitrogens is 1. The number of oxazole rings is 1. The maximum Gasteiger partial charge on any atom is 0.420 e. The maximum atomic E-state index is 13.3. The molecule has 1 aromatic heterocycles. The van der Waals surface area contributed by atoms with Gasteiger partial charge in [-0.05, 0) is 30.7 Å². The van der Waals surface area contributed by atoms with E-state index in [1.807, 2.05) is 31.2 Å². The number of carbonyl (C=O) groups is 1. The third-order valence-electron chi connectivity index (χ3n) is 5.70. The van der Waals surface area contributed by atoms with Crippen molar-refractivity contribution in [3.63, 3.8) is 0 Å². The number of para-hydroxylation sites is 2. The third-order valence-corrected chi connectivity index (χ3v) is 7.59. The van der Waals surface area contributed by atoms with Crippen molar-refractivity contribution in [2.45, 2.75) is 24.8 Å². The smallest absolute Gasteiger partial charge is 0.420 e. The molecular weight excluding hydrogens is 462 g/mol. The van der Waals surface area contributed by atoms with Crippen LogP contribution in [0.3, 0.4) is 0 Å². The van der Waals surface area contributed by atoms with E-state index < -0.39 is 21.7 Å². The number of hydrogen-bond acceptors (Lipinski definition) is 8. The molecule has 0 unspecified atom stereocenters. The standard InChI is InChI=1S/C23H27N3O7S/c1-3-14-32-22(27)16-26-19-9-8-17(15-21(19)33-23(26)28)34(29,30)25-12-10-24(11-13-25)18-6-4-5-7-20(18)31-2/h4-9,15H,3,10-14,16H2,1-2H3. The molecule has 2 aromatic carbocycles. The molecule has 0 spiro atoms. The minimum Gasteiger partial charge on any atom is -0.495 e. The van der Waals surface area contributed by atoms with E-state index in [0.29, 0.717) is 38.1 Å². The number of piperazine rings is 1. The number of esters is 1. The van der Waals surface area contributed by atoms with E-state index in [0.717, 1.165) is 16.0 Å². The first kappa shape index (κ1) is 23.8. The summed E-state index contributed by atoms with van der Waals surface area (Å²) in [5, 5.41) is 0. The number of ether oxygens (including phenoxy) is 2. The van der Waals surface area contributed by atoms with Gasteiger partial charge in [0.15, 0.2) is 5.58 Å². The number of methoxy groups -OCH3 is 1. The number of rotatable bonds is 8. The Hall–Kier alpha value is -3.31. The van der Waals surface area contributed by atoms with Gasteiger partial charge in [0.2, 0.25) is 10.0 Å². The van der Waals surface area contributed by atoms with Gasteiger partial charge in [-0.3, -0.25) is 9.36 Å². The van der Waals surface area contributed by atoms with Crippen molar-refractivity contribution in [1.29, 1.82) is 0 Å². The van der Waals surface area contributed by atoms with Gasteiger partial charge in [-0.25, -0.2) is 13.2 Å². The molecule has 1 fully saturated rings. The molecule has 1 aliphatic heterocycles. The highest BCUT2D eigenvalue weighted by molar-refractivity contribution is 7.89. The topological polar surface area (TPSA) is 111 Å². The van der Waals surface area contributed by atoms with E-state index in [1.54, 1.807) is 7.11 Å². The Balaban J connectivity index is 1.51. The first-order valence-corrected chi connectivity index (χ1v) is 12.5. The Bertz CT molecular complexity index is 1340. The Morgan fingerprint density at radius 2 is 1.82 bits per heavy atom. The summed E-state index contributed by atoms with van der Waals surface area (Å²) in [5.41, 5.74) is 1.35. The van der Waals surface area contributed by atoms with E-state index in [9.17, 15) is 18.0 Å². The van der Waals surface area contributed by atoms with Crippen molar-refractivity contribution in [1.82, 2.24) is 8.87 Å². The monoisotopic (exact) mass is 489 g/mol. The van der Waals surface area contributed by atoms with Gasteiger partial charge in [-0.2, -0.15) is 4.31 Å². The lowest BCUT2D eigenvalue weighted by molar-refractivity contribution is -0.144. The molecule has 0 atom stereocenters. The van der Waals surface area contributed by atoms with Gasteiger partial charge in [-0.1, -0.05) is 19.1 Å². The van der Waals surface area contributed by atoms with Gasteiger partial charge in [0.25, 0.3) is 0 Å². The van der Waals surface area contributed by atoms with Gasteiger partial charge >= 0.3 is 11.7 Å². The minimum atomic E-state index is -3.80. The molecule has 182 valence electrons. The van der Waals surface area contributed by atoms with Crippen molar-refractivity contribution >= 4 is 32.8 Å². The Kier molecular flexibility index (Phi) is 6.94. The van der Waals surface area contributed by atoms with Gasteiger partial charge in [0, 0.05) is 32.2 Å². The molecule has 3 aromatic rings. The molecule has 0 amide bonds. The molecule has 34 heavy (non-hydrogen) atoms. The Labute approximate surface area is 197 Å². The van der Waals surface area contributed by atoms with Crippen LogP contribution in [0, 0.1) is 0 Å². The van der Waals surface area contributed by atoms with Crippen molar-refractivity contribution in [2.75, 3.05) is 44.8 Å². The quantitative estimate of drug-likeness (QED) is 0.442. The number of benzene rings is 2. The summed E-state index contributed by atoms with van der Waals surface area (Å²) in [6.45, 7) is 3.44. The second-order valence-electron chi connectivity index (χ2n) is 7.87. The summed E-state index contributed by atoms with van der Waals surface area (Å²) in [4.78, 5) is 26.3. The fourth-order valence-electron chi connectivity index (χ4n) is 3.96. The normalized spacial score (nSPS) is 14.9. The molecule has 1 aliphatic rings. The lowest BCUT2D eigenvalue weighted by Gasteiger charge is -2.35. The summed E-state index contributed by atoms with van der Waals surface area (Å²) >= 11 is 0. The Morgan fingerprint density at radius 3 is 2.53 bits per heavy atom. The molecular formula is C23H27N3O7S. The highest BCUT2D eigenvalue weighted by Crippen LogP contribution is 2.29. The molecule has 0 N–H and O–H groups in total. The predicted molar refractivity (Wildman–Crippen MR) is 126 cm³/mol. The molecule has 4 rings (SSSR count). The zero-order valence-electron chi connectivity index (χ0n) is 19.1. The molecule has 0 radical (unpaired) electrons. The molecule has 0 bridgehead atoms. The molecule has 1 saturated heterocycles. The van der Waals surface area contributed by atoms with E-state index >= 15 is 0 Å². The maximum absolute atomic E-state index is 13.3. The van der Waals surface area contributed by atoms with E-state index in [2.05, 4.69) is 4.90 Å². The van der Waals surface area contributed by atoms with Crippen LogP contribution in [0.15, 0.2) is 56.6 Å². The summed E-state index contributed by atoms with van der Waals surface area (Å²) in [6, 6.07) is 11.8. The fourth-order valence-corrected chi connectivity index (χ4v) is 5.40. The first-order valence-electron chi connectivity index (χ1n) is 11.0. The van der Waals surface area contributed by atoms with E-state index in [1.165, 1.54) is 22.5 Å². The first-order chi connectivity index (χ1) is 16.3. The van der Waals surface area contributed by atoms with Gasteiger partial charge in [-0.15, -0.1) is 0 Å². The van der Waals surface area contributed by atoms with Crippen LogP contribution in [-0.4, -0.2) is 63.2 Å². The summed E-state index contributed by atoms with van der Waals surface area (Å²) < 4.78 is 44.7. The van der Waals surface area contributed by atoms with E-state index in [-0.39, 0.29) is 23.6 Å². The van der Waals surface area contributed by atoms with Gasteiger partial charge in [0.1, 0.15) is 12.3 Å². The van der Waals surface area contributed by atoms with Crippen molar-refractivity contribution in [3.05, 3.63) is 53.0 Å². The summed E-state index contributed by atoms with van der Waals surface area (Å²) in [5.74, 6) is -0.568. The fraction of sp³-hybridized carbons (Fsp3) is 0.391. The van der Waals surface area contributed by atoms with Crippen LogP contribution in [0.5, 0.6) is 5.75 Å². The minimum absolute atomic E-state index is 0.0280. The van der Waals surface area contributed by atoms with Crippen LogP contribution in [-0.2, 0) is 26.1 Å². The SMILES string of the molecule is CCCOC(=O)Cn1c(=O)oc2cc(S(=O)(=O)N3CCN(c4ccccc4OC)CC3)ccc21. The highest BCUT2D eigenvalue weighted by atomic mass is 32.2. The molecule has 2 heterocycles. The summed E-state index contributed by atoms with van der Waals surface area (Å²) in [7, 11) is -2.19. The van der Waals surface area contributed by atoms with Crippen LogP contribution in [0.4, 0.5) is 5.69 Å². The van der Waals surface area contributed by atoms with Gasteiger partial charge in [0.05, 0.1) is 29.8 Å². The van der Waals surface area contributed by atoms with Crippen molar-refractivity contribution in [2.24, 2.45) is 0 Å². The van der Waals surface area contributed by atoms with Crippen LogP contribution < -0.4 is 15.4 Å². The molecule has 11 heteroatoms. The summed E-state index contributed by atoms with van der Waals surface area (Å²) in [6.07, 6.45) is 0.668. The molecule has 0 saturated carbocycles. The van der Waals surface area contributed by atoms with Crippen LogP contribution in [0.2, 0.25) is 0 Å². The number of sulfonamides is 1. The number of carbonyl (C=O) groups excluding carboxylic acids is 1. The van der Waals surface area contributed by atoms with Crippen LogP contribution in [0.1, 0.15) is 13.3 Å². The Morgan fingerprint density at radius 1 is 1.09 bits per heavy atom. The average molecular weight is 490 g/mol. The molecule has 10 nitrogen and oxygen atoms in total. The number of hydrogen-bond donors (Lipinski definition) is 0. The highest BCUT2D eigenvalue weighted by Gasteiger charge is 2.30. The lowest BCUT2D eigenvalue weighted by Crippen LogP contribution is -2.48. The van der Waals surface area contributed by atoms with Crippen LogP contribution >= 0.6 is 0 Å². The third kappa shape index (κ3) is 4.66. The van der Waals surface area contributed by atoms with Crippen LogP contribution in [0.25, 0.3) is 11.1 Å². The zero-order chi connectivity index (χ0) is 24.3. The van der Waals surface area contributed by atoms with Crippen molar-refractivity contribution < 1.29 is 27.1 Å². The number of nitrogens with zero attached hydrogens (tertiary/aromatic N) is 3. The van der Waals surface area contributed by atoms with Crippen molar-refractivity contribution in [3.8, 4) is 5.75 Å². The lowest BCUT2D eigenvalue weighted by atomic mass is 10.2. The second-order valence-corrected chi connectivity index (χ2v) is 9.81. The predicted octanol–water partition coefficient (Wildman–Crippen LogP) is 2.07. The number of anilines is 1. The average Bonchev–Trinajstić information content (AvgIpc) is 3.16. The largest absolute Gasteiger partial charge is 0.495 e. The molecule has 0 aliphatic carbocycles. The number of fused-ring (bicyclic) bond motifs is 1. The second kappa shape index (κ2) is 9.90. The van der Waals surface area contributed by atoms with E-state index in [4.69, 9.17) is 13.9 Å². The zero-order valence-corrected chi connectivity index (χ0v) is 19.9. The van der Waals surface area contributed by atoms with Gasteiger partial charge < -0.3 is 18.8 Å².